The first kappa shape index (κ1) is 29.8. The summed E-state index contributed by atoms with van der Waals surface area (Å²) in [5.74, 6) is -3.43. The van der Waals surface area contributed by atoms with Crippen LogP contribution >= 0.6 is 7.60 Å². The van der Waals surface area contributed by atoms with Crippen molar-refractivity contribution in [2.75, 3.05) is 0 Å². The van der Waals surface area contributed by atoms with Crippen molar-refractivity contribution in [3.8, 4) is 0 Å². The van der Waals surface area contributed by atoms with Gasteiger partial charge in [0.25, 0.3) is 0 Å². The van der Waals surface area contributed by atoms with E-state index >= 15 is 4.57 Å². The normalized spacial score (nSPS) is 52.3. The number of nitrogens with one attached hydrogen (secondary N) is 1. The van der Waals surface area contributed by atoms with E-state index in [4.69, 9.17) is 27.8 Å². The van der Waals surface area contributed by atoms with Crippen LogP contribution in [0.2, 0.25) is 6.32 Å². The van der Waals surface area contributed by atoms with Crippen LogP contribution in [0.3, 0.4) is 0 Å². The van der Waals surface area contributed by atoms with Gasteiger partial charge < -0.3 is 34.0 Å². The van der Waals surface area contributed by atoms with Crippen LogP contribution in [-0.2, 0) is 32.4 Å². The minimum Gasteiger partial charge on any atom is -0.451 e. The second kappa shape index (κ2) is 8.29. The molecule has 1 unspecified atom stereocenters. The largest absolute Gasteiger partial charge is 0.457 e. The van der Waals surface area contributed by atoms with E-state index < -0.39 is 83.4 Å². The average molecular weight is 651 g/mol. The quantitative estimate of drug-likeness (QED) is 0.189. The molecule has 46 heavy (non-hydrogen) atoms. The molecular formula is C33H39BNO10P. The highest BCUT2D eigenvalue weighted by Gasteiger charge is 3.14. The number of aromatic nitrogens is 1. The Morgan fingerprint density at radius 3 is 2.54 bits per heavy atom. The Labute approximate surface area is 267 Å². The van der Waals surface area contributed by atoms with Crippen molar-refractivity contribution in [2.45, 2.75) is 106 Å². The number of carbonyl (C=O) groups is 1. The number of carbonyl (C=O) groups excluding carboxylic acids is 1. The van der Waals surface area contributed by atoms with Crippen molar-refractivity contribution < 1.29 is 47.4 Å². The maximum Gasteiger partial charge on any atom is 0.457 e. The Morgan fingerprint density at radius 1 is 1.15 bits per heavy atom. The van der Waals surface area contributed by atoms with Crippen LogP contribution in [0.5, 0.6) is 0 Å². The molecule has 8 fully saturated rings. The van der Waals surface area contributed by atoms with Crippen LogP contribution in [0.25, 0.3) is 0 Å². The van der Waals surface area contributed by atoms with E-state index in [2.05, 4.69) is 11.6 Å². The molecule has 244 valence electrons. The van der Waals surface area contributed by atoms with E-state index in [0.717, 1.165) is 0 Å². The molecule has 4 spiro atoms. The highest BCUT2D eigenvalue weighted by atomic mass is 31.2. The molecule has 7 bridgehead atoms. The van der Waals surface area contributed by atoms with E-state index in [1.807, 2.05) is 13.8 Å². The Kier molecular flexibility index (Phi) is 5.38. The van der Waals surface area contributed by atoms with Gasteiger partial charge in [-0.25, -0.2) is 4.79 Å². The summed E-state index contributed by atoms with van der Waals surface area (Å²) < 4.78 is 57.1. The number of aliphatic hydroxyl groups is 2. The number of esters is 1. The minimum absolute atomic E-state index is 0.0276. The van der Waals surface area contributed by atoms with Gasteiger partial charge in [-0.15, -0.1) is 0 Å². The van der Waals surface area contributed by atoms with Crippen molar-refractivity contribution in [1.82, 2.24) is 4.98 Å². The number of hydrogen-bond donors (Lipinski definition) is 3. The first-order valence-corrected chi connectivity index (χ1v) is 17.8. The van der Waals surface area contributed by atoms with E-state index in [0.29, 0.717) is 30.0 Å². The predicted molar refractivity (Wildman–Crippen MR) is 164 cm³/mol. The maximum absolute atomic E-state index is 15.5. The number of aromatic amines is 1. The molecule has 4 aliphatic heterocycles. The summed E-state index contributed by atoms with van der Waals surface area (Å²) in [7, 11) is -5.13. The lowest BCUT2D eigenvalue weighted by atomic mass is 9.51. The third-order valence-corrected chi connectivity index (χ3v) is 15.3. The van der Waals surface area contributed by atoms with Crippen LogP contribution in [0, 0.1) is 16.7 Å². The topological polar surface area (TPSA) is 146 Å². The zero-order chi connectivity index (χ0) is 32.6. The van der Waals surface area contributed by atoms with Crippen molar-refractivity contribution >= 4 is 26.0 Å². The van der Waals surface area contributed by atoms with Gasteiger partial charge >= 0.3 is 20.7 Å². The molecule has 13 heteroatoms. The standard InChI is InChI=1S/C33H39BNO10P/c1-7-34-43-28-16-15-20(4)23-31(28)33(45-46(39,41-23)21-12-9-8-10-13-21)27(6)29(37,42-31)18-26(28,5)32(33,44-34)25(30(27,38)19(2)3)40-24(36)22-14-11-17-35-22/h8-14,17,19,23,25,35,37-38H,4,7,15-16,18H2,1-3,5-6H3/t23-,25-,26+,27-,28+,29+,30?,31-,32-,33-,46-/m1/s1. The number of ether oxygens (including phenoxy) is 2. The van der Waals surface area contributed by atoms with Gasteiger partial charge in [0.15, 0.2) is 23.1 Å². The molecule has 4 saturated heterocycles. The summed E-state index contributed by atoms with van der Waals surface area (Å²) in [6.45, 7) is 13.6. The Morgan fingerprint density at radius 2 is 1.89 bits per heavy atom. The van der Waals surface area contributed by atoms with E-state index in [-0.39, 0.29) is 12.1 Å². The molecule has 1 aromatic carbocycles. The molecule has 3 N–H and O–H groups in total. The predicted octanol–water partition coefficient (Wildman–Crippen LogP) is 3.88. The molecule has 2 aromatic rings. The van der Waals surface area contributed by atoms with Crippen molar-refractivity contribution in [3.05, 3.63) is 66.5 Å². The van der Waals surface area contributed by atoms with Crippen LogP contribution in [0.15, 0.2) is 60.8 Å². The van der Waals surface area contributed by atoms with Gasteiger partial charge in [-0.05, 0) is 61.8 Å². The minimum atomic E-state index is -4.29. The molecule has 0 amide bonds. The fourth-order valence-corrected chi connectivity index (χ4v) is 14.0. The number of H-pyrrole nitrogens is 1. The van der Waals surface area contributed by atoms with E-state index in [1.165, 1.54) is 0 Å². The lowest BCUT2D eigenvalue weighted by Crippen LogP contribution is -2.78. The lowest BCUT2D eigenvalue weighted by Gasteiger charge is -2.65. The van der Waals surface area contributed by atoms with Gasteiger partial charge in [-0.2, -0.15) is 0 Å². The SMILES string of the molecule is C=C1CC[C@@]23OB(CC)O[C@@]45[C@H](OC(=O)c6ccc[nH]6)C(O)(C(C)C)[C@]6(C)[C@]47O[P@@](=O)(c4ccccc4)O[C@H]1[C@@]27O[C@@]6(O)C[C@@]35C. The maximum atomic E-state index is 15.5. The van der Waals surface area contributed by atoms with Crippen LogP contribution in [-0.4, -0.2) is 74.3 Å². The van der Waals surface area contributed by atoms with Crippen LogP contribution in [0.1, 0.15) is 64.4 Å². The molecule has 5 heterocycles. The second-order valence-corrected chi connectivity index (χ2v) is 16.9. The first-order valence-electron chi connectivity index (χ1n) is 16.2. The summed E-state index contributed by atoms with van der Waals surface area (Å²) >= 11 is 0. The van der Waals surface area contributed by atoms with Gasteiger partial charge in [-0.1, -0.05) is 52.5 Å². The fourth-order valence-electron chi connectivity index (χ4n) is 11.8. The highest BCUT2D eigenvalue weighted by Crippen LogP contribution is 2.96. The van der Waals surface area contributed by atoms with Gasteiger partial charge in [0.1, 0.15) is 23.0 Å². The fraction of sp³-hybridized carbons (Fsp3) is 0.606. The summed E-state index contributed by atoms with van der Waals surface area (Å²) in [5, 5.41) is 26.8. The third kappa shape index (κ3) is 2.46. The van der Waals surface area contributed by atoms with E-state index in [1.54, 1.807) is 69.4 Å². The molecular weight excluding hydrogens is 612 g/mol. The molecule has 1 aromatic heterocycles. The molecule has 8 aliphatic rings. The Bertz CT molecular complexity index is 1760. The average Bonchev–Trinajstić information content (AvgIpc) is 3.63. The molecule has 11 nitrogen and oxygen atoms in total. The highest BCUT2D eigenvalue weighted by molar-refractivity contribution is 7.62. The second-order valence-electron chi connectivity index (χ2n) is 15.0. The van der Waals surface area contributed by atoms with Crippen LogP contribution < -0.4 is 5.30 Å². The molecule has 10 rings (SSSR count). The number of hydrogen-bond acceptors (Lipinski definition) is 10. The van der Waals surface area contributed by atoms with Gasteiger partial charge in [0, 0.05) is 18.0 Å². The van der Waals surface area contributed by atoms with Crippen LogP contribution in [0.4, 0.5) is 0 Å². The van der Waals surface area contributed by atoms with E-state index in [9.17, 15) is 15.0 Å². The smallest absolute Gasteiger partial charge is 0.451 e. The third-order valence-electron chi connectivity index (χ3n) is 13.4. The molecule has 0 radical (unpaired) electrons. The summed E-state index contributed by atoms with van der Waals surface area (Å²) in [5.41, 5.74) is -10.8. The molecule has 4 saturated carbocycles. The number of rotatable bonds is 5. The summed E-state index contributed by atoms with van der Waals surface area (Å²) in [4.78, 5) is 16.9. The summed E-state index contributed by atoms with van der Waals surface area (Å²) in [6, 6.07) is 11.9. The molecule has 4 aliphatic carbocycles. The lowest BCUT2D eigenvalue weighted by molar-refractivity contribution is -0.385. The monoisotopic (exact) mass is 651 g/mol. The zero-order valence-corrected chi connectivity index (χ0v) is 27.5. The Hall–Kier alpha value is -2.28. The van der Waals surface area contributed by atoms with Crippen molar-refractivity contribution in [3.63, 3.8) is 0 Å². The Balaban J connectivity index is 1.44. The van der Waals surface area contributed by atoms with Gasteiger partial charge in [0.05, 0.1) is 16.3 Å². The zero-order valence-electron chi connectivity index (χ0n) is 26.6. The number of benzene rings is 1. The van der Waals surface area contributed by atoms with Gasteiger partial charge in [0.2, 0.25) is 0 Å². The summed E-state index contributed by atoms with van der Waals surface area (Å²) in [6.07, 6.45) is 0.365. The van der Waals surface area contributed by atoms with Gasteiger partial charge in [-0.3, -0.25) is 13.6 Å². The first-order chi connectivity index (χ1) is 21.7. The van der Waals surface area contributed by atoms with Crippen molar-refractivity contribution in [2.24, 2.45) is 16.7 Å². The molecule has 11 atom stereocenters. The van der Waals surface area contributed by atoms with Crippen molar-refractivity contribution in [1.29, 1.82) is 0 Å².